The Morgan fingerprint density at radius 2 is 0.486 bits per heavy atom. The SMILES string of the molecule is O=C(O)c1cc2c(C(=O)O)cc3c(C(=O)O)cc4c(C(=O)O)cc5c(C(=O)O)cc1c1c5c4c3c21. The Labute approximate surface area is 191 Å². The molecule has 0 aliphatic rings. The maximum atomic E-state index is 12.1. The molecular weight excluding hydrogens is 460 g/mol. The molecule has 0 heterocycles. The van der Waals surface area contributed by atoms with Crippen molar-refractivity contribution in [1.29, 1.82) is 0 Å². The minimum Gasteiger partial charge on any atom is -0.478 e. The molecule has 0 saturated carbocycles. The van der Waals surface area contributed by atoms with Gasteiger partial charge in [0.05, 0.1) is 27.8 Å². The second-order valence-electron chi connectivity index (χ2n) is 8.26. The molecule has 0 radical (unpaired) electrons. The summed E-state index contributed by atoms with van der Waals surface area (Å²) in [7, 11) is 0. The van der Waals surface area contributed by atoms with E-state index in [1.807, 2.05) is 0 Å². The van der Waals surface area contributed by atoms with E-state index < -0.39 is 29.8 Å². The summed E-state index contributed by atoms with van der Waals surface area (Å²) < 4.78 is 0. The van der Waals surface area contributed by atoms with Crippen LogP contribution in [0.2, 0.25) is 0 Å². The zero-order chi connectivity index (χ0) is 25.1. The lowest BCUT2D eigenvalue weighted by Gasteiger charge is -2.12. The highest BCUT2D eigenvalue weighted by atomic mass is 16.4. The summed E-state index contributed by atoms with van der Waals surface area (Å²) in [6.45, 7) is 0. The van der Waals surface area contributed by atoms with Crippen molar-refractivity contribution >= 4 is 83.7 Å². The van der Waals surface area contributed by atoms with Crippen LogP contribution in [0.4, 0.5) is 0 Å². The number of carbonyl (C=O) groups is 5. The molecule has 6 aromatic carbocycles. The van der Waals surface area contributed by atoms with E-state index in [0.29, 0.717) is 0 Å². The van der Waals surface area contributed by atoms with E-state index in [2.05, 4.69) is 0 Å². The average molecular weight is 470 g/mol. The van der Waals surface area contributed by atoms with Crippen molar-refractivity contribution in [2.45, 2.75) is 0 Å². The predicted molar refractivity (Wildman–Crippen MR) is 122 cm³/mol. The number of hydrogen-bond donors (Lipinski definition) is 5. The van der Waals surface area contributed by atoms with E-state index in [1.54, 1.807) is 0 Å². The van der Waals surface area contributed by atoms with E-state index >= 15 is 0 Å². The van der Waals surface area contributed by atoms with Gasteiger partial charge in [-0.05, 0) is 84.2 Å². The van der Waals surface area contributed by atoms with E-state index in [4.69, 9.17) is 0 Å². The van der Waals surface area contributed by atoms with Crippen molar-refractivity contribution in [3.8, 4) is 0 Å². The maximum absolute atomic E-state index is 12.1. The third-order valence-corrected chi connectivity index (χ3v) is 6.64. The van der Waals surface area contributed by atoms with Gasteiger partial charge in [0.15, 0.2) is 0 Å². The average Bonchev–Trinajstić information content (AvgIpc) is 3.15. The van der Waals surface area contributed by atoms with Gasteiger partial charge in [-0.3, -0.25) is 0 Å². The van der Waals surface area contributed by atoms with Crippen LogP contribution < -0.4 is 0 Å². The second kappa shape index (κ2) is 6.20. The molecule has 35 heavy (non-hydrogen) atoms. The zero-order valence-corrected chi connectivity index (χ0v) is 17.2. The molecule has 0 bridgehead atoms. The topological polar surface area (TPSA) is 186 Å². The third-order valence-electron chi connectivity index (χ3n) is 6.64. The molecule has 170 valence electrons. The summed E-state index contributed by atoms with van der Waals surface area (Å²) in [5.74, 6) is -7.09. The monoisotopic (exact) mass is 470 g/mol. The summed E-state index contributed by atoms with van der Waals surface area (Å²) in [6, 6.07) is 5.64. The van der Waals surface area contributed by atoms with Crippen LogP contribution in [0.5, 0.6) is 0 Å². The fourth-order valence-corrected chi connectivity index (χ4v) is 5.39. The van der Waals surface area contributed by atoms with Gasteiger partial charge < -0.3 is 25.5 Å². The third kappa shape index (κ3) is 2.29. The first kappa shape index (κ1) is 20.4. The van der Waals surface area contributed by atoms with Gasteiger partial charge in [-0.2, -0.15) is 0 Å². The smallest absolute Gasteiger partial charge is 0.336 e. The molecule has 0 aromatic heterocycles. The fraction of sp³-hybridized carbons (Fsp3) is 0. The van der Waals surface area contributed by atoms with Crippen molar-refractivity contribution in [2.75, 3.05) is 0 Å². The normalized spacial score (nSPS) is 12.0. The van der Waals surface area contributed by atoms with Crippen LogP contribution in [0, 0.1) is 0 Å². The Morgan fingerprint density at radius 1 is 0.343 bits per heavy atom. The highest BCUT2D eigenvalue weighted by Crippen LogP contribution is 2.52. The highest BCUT2D eigenvalue weighted by Gasteiger charge is 2.32. The first-order valence-corrected chi connectivity index (χ1v) is 10.0. The number of carboxylic acids is 5. The summed E-state index contributed by atoms with van der Waals surface area (Å²) in [5.41, 5.74) is -1.66. The second-order valence-corrected chi connectivity index (χ2v) is 8.26. The molecule has 6 aromatic rings. The summed E-state index contributed by atoms with van der Waals surface area (Å²) in [6.07, 6.45) is 0. The van der Waals surface area contributed by atoms with Gasteiger partial charge in [0.25, 0.3) is 0 Å². The summed E-state index contributed by atoms with van der Waals surface area (Å²) in [5, 5.41) is 50.7. The van der Waals surface area contributed by atoms with Crippen LogP contribution in [0.1, 0.15) is 51.8 Å². The van der Waals surface area contributed by atoms with Crippen molar-refractivity contribution < 1.29 is 49.5 Å². The molecule has 0 amide bonds. The standard InChI is InChI=1S/C25H10O10/c26-21(27)11-1-6-12(22(28)29)3-8-14(24(32)33)5-10-15(25(34)35)4-9-13(23(30)31)2-7(11)17-16(6)18(8)20(10)19(9)17/h1-5H,(H,26,27)(H,28,29)(H,30,31)(H,32,33)(H,34,35). The van der Waals surface area contributed by atoms with Crippen molar-refractivity contribution in [2.24, 2.45) is 0 Å². The molecule has 0 spiro atoms. The van der Waals surface area contributed by atoms with Gasteiger partial charge in [-0.1, -0.05) is 0 Å². The Balaban J connectivity index is 2.12. The van der Waals surface area contributed by atoms with Gasteiger partial charge in [0, 0.05) is 0 Å². The Kier molecular flexibility index (Phi) is 3.61. The van der Waals surface area contributed by atoms with Crippen molar-refractivity contribution in [3.05, 3.63) is 58.1 Å². The van der Waals surface area contributed by atoms with E-state index in [0.717, 1.165) is 30.3 Å². The first-order valence-electron chi connectivity index (χ1n) is 10.0. The highest BCUT2D eigenvalue weighted by molar-refractivity contribution is 6.49. The molecular formula is C25H10O10. The molecule has 10 nitrogen and oxygen atoms in total. The van der Waals surface area contributed by atoms with Gasteiger partial charge in [-0.15, -0.1) is 0 Å². The number of aromatic carboxylic acids is 5. The molecule has 5 N–H and O–H groups in total. The van der Waals surface area contributed by atoms with Gasteiger partial charge in [-0.25, -0.2) is 24.0 Å². The lowest BCUT2D eigenvalue weighted by Crippen LogP contribution is -2.04. The molecule has 0 unspecified atom stereocenters. The van der Waals surface area contributed by atoms with Crippen LogP contribution in [-0.2, 0) is 0 Å². The Bertz CT molecular complexity index is 1620. The number of carboxylic acid groups (broad SMARTS) is 5. The first-order chi connectivity index (χ1) is 16.5. The van der Waals surface area contributed by atoms with Crippen LogP contribution in [0.15, 0.2) is 30.3 Å². The van der Waals surface area contributed by atoms with Crippen LogP contribution in [0.3, 0.4) is 0 Å². The van der Waals surface area contributed by atoms with Crippen molar-refractivity contribution in [1.82, 2.24) is 0 Å². The predicted octanol–water partition coefficient (Wildman–Crippen LogP) is 4.26. The fourth-order valence-electron chi connectivity index (χ4n) is 5.39. The molecule has 0 saturated heterocycles. The van der Waals surface area contributed by atoms with E-state index in [9.17, 15) is 49.5 Å². The molecule has 0 aliphatic carbocycles. The Morgan fingerprint density at radius 3 is 0.600 bits per heavy atom. The lowest BCUT2D eigenvalue weighted by atomic mass is 9.90. The van der Waals surface area contributed by atoms with E-state index in [-0.39, 0.29) is 81.7 Å². The Hall–Kier alpha value is -5.25. The molecule has 6 rings (SSSR count). The summed E-state index contributed by atoms with van der Waals surface area (Å²) >= 11 is 0. The van der Waals surface area contributed by atoms with Crippen LogP contribution >= 0.6 is 0 Å². The summed E-state index contributed by atoms with van der Waals surface area (Å²) in [4.78, 5) is 60.7. The van der Waals surface area contributed by atoms with Crippen LogP contribution in [-0.4, -0.2) is 55.4 Å². The zero-order valence-electron chi connectivity index (χ0n) is 17.2. The van der Waals surface area contributed by atoms with Crippen molar-refractivity contribution in [3.63, 3.8) is 0 Å². The number of rotatable bonds is 5. The van der Waals surface area contributed by atoms with Crippen LogP contribution in [0.25, 0.3) is 53.9 Å². The number of hydrogen-bond acceptors (Lipinski definition) is 5. The largest absolute Gasteiger partial charge is 0.478 e. The molecule has 0 aliphatic heterocycles. The molecule has 10 heteroatoms. The van der Waals surface area contributed by atoms with Gasteiger partial charge in [0.1, 0.15) is 0 Å². The minimum absolute atomic E-state index is 0.0242. The van der Waals surface area contributed by atoms with Gasteiger partial charge >= 0.3 is 29.8 Å². The molecule has 0 atom stereocenters. The maximum Gasteiger partial charge on any atom is 0.336 e. The lowest BCUT2D eigenvalue weighted by molar-refractivity contribution is 0.0685. The molecule has 0 fully saturated rings. The van der Waals surface area contributed by atoms with E-state index in [1.165, 1.54) is 0 Å². The van der Waals surface area contributed by atoms with Gasteiger partial charge in [0.2, 0.25) is 0 Å². The minimum atomic E-state index is -1.42. The quantitative estimate of drug-likeness (QED) is 0.228. The number of benzene rings is 5.